The fraction of sp³-hybridized carbons (Fsp3) is 0.667. The van der Waals surface area contributed by atoms with E-state index >= 15 is 0 Å². The average molecular weight is 181 g/mol. The first-order valence-corrected chi connectivity index (χ1v) is 4.62. The lowest BCUT2D eigenvalue weighted by atomic mass is 9.84. The molecule has 13 heavy (non-hydrogen) atoms. The van der Waals surface area contributed by atoms with E-state index < -0.39 is 0 Å². The van der Waals surface area contributed by atoms with Crippen LogP contribution in [0.4, 0.5) is 0 Å². The summed E-state index contributed by atoms with van der Waals surface area (Å²) in [6.07, 6.45) is 2.34. The molecule has 4 heteroatoms. The van der Waals surface area contributed by atoms with Gasteiger partial charge in [-0.1, -0.05) is 6.58 Å². The SMILES string of the molecule is C=C1N(CC(N)=O)CC12CCCN2. The molecule has 72 valence electrons. The highest BCUT2D eigenvalue weighted by Crippen LogP contribution is 2.38. The highest BCUT2D eigenvalue weighted by atomic mass is 16.1. The van der Waals surface area contributed by atoms with Crippen molar-refractivity contribution in [3.63, 3.8) is 0 Å². The van der Waals surface area contributed by atoms with Gasteiger partial charge in [-0.3, -0.25) is 4.79 Å². The Bertz CT molecular complexity index is 256. The number of carbonyl (C=O) groups excluding carboxylic acids is 1. The van der Waals surface area contributed by atoms with Gasteiger partial charge in [0.15, 0.2) is 0 Å². The maximum atomic E-state index is 10.7. The number of primary amides is 1. The van der Waals surface area contributed by atoms with Gasteiger partial charge in [-0.25, -0.2) is 0 Å². The molecular weight excluding hydrogens is 166 g/mol. The van der Waals surface area contributed by atoms with E-state index in [0.717, 1.165) is 25.2 Å². The van der Waals surface area contributed by atoms with Crippen LogP contribution in [0.1, 0.15) is 12.8 Å². The van der Waals surface area contributed by atoms with Crippen molar-refractivity contribution in [3.05, 3.63) is 12.3 Å². The molecule has 0 aromatic rings. The molecule has 2 aliphatic heterocycles. The molecule has 1 spiro atoms. The number of rotatable bonds is 2. The van der Waals surface area contributed by atoms with Gasteiger partial charge in [0.2, 0.25) is 5.91 Å². The molecule has 2 aliphatic rings. The van der Waals surface area contributed by atoms with Gasteiger partial charge in [-0.2, -0.15) is 0 Å². The van der Waals surface area contributed by atoms with Crippen LogP contribution in [0.3, 0.4) is 0 Å². The molecule has 2 fully saturated rings. The monoisotopic (exact) mass is 181 g/mol. The fourth-order valence-electron chi connectivity index (χ4n) is 2.25. The van der Waals surface area contributed by atoms with Crippen molar-refractivity contribution in [1.29, 1.82) is 0 Å². The Balaban J connectivity index is 1.95. The molecule has 0 aromatic carbocycles. The zero-order valence-corrected chi connectivity index (χ0v) is 7.68. The van der Waals surface area contributed by atoms with Gasteiger partial charge in [0.1, 0.15) is 0 Å². The number of hydrogen-bond acceptors (Lipinski definition) is 3. The first-order valence-electron chi connectivity index (χ1n) is 4.62. The van der Waals surface area contributed by atoms with Crippen LogP contribution in [0.5, 0.6) is 0 Å². The minimum Gasteiger partial charge on any atom is -0.368 e. The molecule has 1 unspecified atom stereocenters. The van der Waals surface area contributed by atoms with Crippen LogP contribution < -0.4 is 11.1 Å². The quantitative estimate of drug-likeness (QED) is 0.599. The topological polar surface area (TPSA) is 58.4 Å². The molecule has 0 radical (unpaired) electrons. The van der Waals surface area contributed by atoms with Crippen molar-refractivity contribution in [2.75, 3.05) is 19.6 Å². The van der Waals surface area contributed by atoms with Crippen LogP contribution in [0, 0.1) is 0 Å². The van der Waals surface area contributed by atoms with Crippen LogP contribution in [0.25, 0.3) is 0 Å². The summed E-state index contributed by atoms with van der Waals surface area (Å²) in [7, 11) is 0. The molecule has 3 N–H and O–H groups in total. The number of amides is 1. The Morgan fingerprint density at radius 3 is 3.00 bits per heavy atom. The van der Waals surface area contributed by atoms with Crippen molar-refractivity contribution < 1.29 is 4.79 Å². The van der Waals surface area contributed by atoms with Crippen molar-refractivity contribution in [3.8, 4) is 0 Å². The summed E-state index contributed by atoms with van der Waals surface area (Å²) in [5.41, 5.74) is 6.25. The number of carbonyl (C=O) groups is 1. The largest absolute Gasteiger partial charge is 0.368 e. The molecule has 0 aromatic heterocycles. The molecule has 2 rings (SSSR count). The van der Waals surface area contributed by atoms with E-state index in [2.05, 4.69) is 11.9 Å². The average Bonchev–Trinajstić information content (AvgIpc) is 2.53. The Hall–Kier alpha value is -1.03. The highest BCUT2D eigenvalue weighted by molar-refractivity contribution is 5.76. The second kappa shape index (κ2) is 2.73. The predicted octanol–water partition coefficient (Wildman–Crippen LogP) is -0.577. The molecule has 1 amide bonds. The summed E-state index contributed by atoms with van der Waals surface area (Å²) in [5.74, 6) is -0.283. The Morgan fingerprint density at radius 2 is 2.54 bits per heavy atom. The Morgan fingerprint density at radius 1 is 1.77 bits per heavy atom. The fourth-order valence-corrected chi connectivity index (χ4v) is 2.25. The lowest BCUT2D eigenvalue weighted by Crippen LogP contribution is -2.65. The van der Waals surface area contributed by atoms with Gasteiger partial charge >= 0.3 is 0 Å². The zero-order chi connectivity index (χ0) is 9.47. The van der Waals surface area contributed by atoms with Crippen molar-refractivity contribution >= 4 is 5.91 Å². The van der Waals surface area contributed by atoms with Gasteiger partial charge in [-0.05, 0) is 19.4 Å². The summed E-state index contributed by atoms with van der Waals surface area (Å²) in [5, 5.41) is 3.43. The minimum absolute atomic E-state index is 0.107. The third-order valence-electron chi connectivity index (χ3n) is 2.99. The van der Waals surface area contributed by atoms with E-state index in [1.807, 2.05) is 4.90 Å². The van der Waals surface area contributed by atoms with E-state index in [0.29, 0.717) is 6.54 Å². The third kappa shape index (κ3) is 1.21. The summed E-state index contributed by atoms with van der Waals surface area (Å²) < 4.78 is 0. The third-order valence-corrected chi connectivity index (χ3v) is 2.99. The zero-order valence-electron chi connectivity index (χ0n) is 7.68. The number of nitrogens with two attached hydrogens (primary N) is 1. The predicted molar refractivity (Wildman–Crippen MR) is 49.9 cm³/mol. The van der Waals surface area contributed by atoms with Crippen molar-refractivity contribution in [1.82, 2.24) is 10.2 Å². The molecule has 1 atom stereocenters. The molecule has 0 aliphatic carbocycles. The molecule has 2 saturated heterocycles. The summed E-state index contributed by atoms with van der Waals surface area (Å²) in [6, 6.07) is 0. The molecule has 0 bridgehead atoms. The lowest BCUT2D eigenvalue weighted by molar-refractivity contribution is -0.119. The van der Waals surface area contributed by atoms with E-state index in [1.54, 1.807) is 0 Å². The second-order valence-electron chi connectivity index (χ2n) is 3.88. The van der Waals surface area contributed by atoms with Crippen molar-refractivity contribution in [2.45, 2.75) is 18.4 Å². The van der Waals surface area contributed by atoms with Gasteiger partial charge in [0.05, 0.1) is 12.1 Å². The van der Waals surface area contributed by atoms with E-state index in [4.69, 9.17) is 5.73 Å². The van der Waals surface area contributed by atoms with Gasteiger partial charge in [0.25, 0.3) is 0 Å². The number of nitrogens with zero attached hydrogens (tertiary/aromatic N) is 1. The number of hydrogen-bond donors (Lipinski definition) is 2. The van der Waals surface area contributed by atoms with Crippen LogP contribution in [-0.2, 0) is 4.79 Å². The number of nitrogens with one attached hydrogen (secondary N) is 1. The second-order valence-corrected chi connectivity index (χ2v) is 3.88. The van der Waals surface area contributed by atoms with Gasteiger partial charge < -0.3 is 16.0 Å². The smallest absolute Gasteiger partial charge is 0.236 e. The molecule has 4 nitrogen and oxygen atoms in total. The van der Waals surface area contributed by atoms with E-state index in [9.17, 15) is 4.79 Å². The summed E-state index contributed by atoms with van der Waals surface area (Å²) in [4.78, 5) is 12.6. The van der Waals surface area contributed by atoms with Gasteiger partial charge in [-0.15, -0.1) is 0 Å². The summed E-state index contributed by atoms with van der Waals surface area (Å²) >= 11 is 0. The Labute approximate surface area is 77.8 Å². The Kier molecular flexibility index (Phi) is 1.80. The molecule has 0 saturated carbocycles. The highest BCUT2D eigenvalue weighted by Gasteiger charge is 2.48. The first kappa shape index (κ1) is 8.56. The van der Waals surface area contributed by atoms with E-state index in [1.165, 1.54) is 6.42 Å². The standard InChI is InChI=1S/C9H15N3O/c1-7-9(3-2-4-11-9)6-12(7)5-8(10)13/h11H,1-6H2,(H2,10,13). The van der Waals surface area contributed by atoms with Crippen LogP contribution >= 0.6 is 0 Å². The molecule has 2 heterocycles. The van der Waals surface area contributed by atoms with Crippen LogP contribution in [-0.4, -0.2) is 36.0 Å². The number of likely N-dealkylation sites (tertiary alicyclic amines) is 1. The van der Waals surface area contributed by atoms with Gasteiger partial charge in [0, 0.05) is 12.2 Å². The lowest BCUT2D eigenvalue weighted by Gasteiger charge is -2.51. The first-order chi connectivity index (χ1) is 6.14. The van der Waals surface area contributed by atoms with Crippen LogP contribution in [0.2, 0.25) is 0 Å². The van der Waals surface area contributed by atoms with Crippen LogP contribution in [0.15, 0.2) is 12.3 Å². The summed E-state index contributed by atoms with van der Waals surface area (Å²) in [6.45, 7) is 6.24. The minimum atomic E-state index is -0.283. The molecular formula is C9H15N3O. The maximum absolute atomic E-state index is 10.7. The van der Waals surface area contributed by atoms with E-state index in [-0.39, 0.29) is 11.4 Å². The maximum Gasteiger partial charge on any atom is 0.236 e. The normalized spacial score (nSPS) is 32.3. The van der Waals surface area contributed by atoms with Crippen molar-refractivity contribution in [2.24, 2.45) is 5.73 Å².